The van der Waals surface area contributed by atoms with E-state index in [4.69, 9.17) is 4.42 Å². The maximum absolute atomic E-state index is 12.5. The minimum atomic E-state index is -2.86. The van der Waals surface area contributed by atoms with Crippen molar-refractivity contribution in [2.75, 3.05) is 13.1 Å². The third-order valence-electron chi connectivity index (χ3n) is 3.43. The summed E-state index contributed by atoms with van der Waals surface area (Å²) in [7, 11) is 0. The van der Waals surface area contributed by atoms with Crippen LogP contribution in [0.2, 0.25) is 0 Å². The van der Waals surface area contributed by atoms with Crippen molar-refractivity contribution in [1.29, 1.82) is 0 Å². The predicted molar refractivity (Wildman–Crippen MR) is 93.0 cm³/mol. The lowest BCUT2D eigenvalue weighted by molar-refractivity contribution is -0.0504. The number of nitrogens with one attached hydrogen (secondary N) is 2. The van der Waals surface area contributed by atoms with Gasteiger partial charge in [-0.2, -0.15) is 8.78 Å². The molecule has 7 heteroatoms. The minimum absolute atomic E-state index is 0.149. The molecule has 1 heterocycles. The average Bonchev–Trinajstić information content (AvgIpc) is 3.08. The smallest absolute Gasteiger partial charge is 0.387 e. The Bertz CT molecular complexity index is 673. The van der Waals surface area contributed by atoms with Crippen LogP contribution < -0.4 is 15.4 Å². The highest BCUT2D eigenvalue weighted by Gasteiger charge is 2.10. The number of nitrogens with zero attached hydrogens (tertiary/aromatic N) is 1. The van der Waals surface area contributed by atoms with Gasteiger partial charge in [0.15, 0.2) is 5.96 Å². The molecule has 1 aromatic carbocycles. The molecule has 2 aromatic rings. The molecule has 1 aromatic heterocycles. The number of hydrogen-bond donors (Lipinski definition) is 2. The Kier molecular flexibility index (Phi) is 7.25. The Labute approximate surface area is 146 Å². The van der Waals surface area contributed by atoms with Gasteiger partial charge in [-0.05, 0) is 32.0 Å². The van der Waals surface area contributed by atoms with E-state index in [1.165, 1.54) is 0 Å². The number of ether oxygens (including phenoxy) is 1. The van der Waals surface area contributed by atoms with E-state index in [0.29, 0.717) is 24.6 Å². The fourth-order valence-corrected chi connectivity index (χ4v) is 2.31. The normalized spacial score (nSPS) is 11.6. The van der Waals surface area contributed by atoms with Crippen molar-refractivity contribution in [3.63, 3.8) is 0 Å². The summed E-state index contributed by atoms with van der Waals surface area (Å²) in [5.74, 6) is 1.64. The Morgan fingerprint density at radius 2 is 2.12 bits per heavy atom. The van der Waals surface area contributed by atoms with E-state index in [1.54, 1.807) is 24.5 Å². The molecular formula is C18H23F2N3O2. The molecular weight excluding hydrogens is 328 g/mol. The van der Waals surface area contributed by atoms with E-state index in [0.717, 1.165) is 17.7 Å². The zero-order valence-electron chi connectivity index (χ0n) is 14.4. The summed E-state index contributed by atoms with van der Waals surface area (Å²) in [6.07, 6.45) is 2.36. The van der Waals surface area contributed by atoms with Crippen LogP contribution in [0.3, 0.4) is 0 Å². The van der Waals surface area contributed by atoms with Gasteiger partial charge in [0.2, 0.25) is 0 Å². The second kappa shape index (κ2) is 9.66. The second-order valence-corrected chi connectivity index (χ2v) is 5.44. The molecule has 0 spiro atoms. The molecule has 2 rings (SSSR count). The molecule has 25 heavy (non-hydrogen) atoms. The molecule has 0 aliphatic carbocycles. The zero-order chi connectivity index (χ0) is 18.1. The molecule has 0 aliphatic rings. The van der Waals surface area contributed by atoms with Gasteiger partial charge in [0, 0.05) is 25.1 Å². The van der Waals surface area contributed by atoms with Gasteiger partial charge >= 0.3 is 6.61 Å². The Hall–Kier alpha value is -2.57. The summed E-state index contributed by atoms with van der Waals surface area (Å²) < 4.78 is 34.9. The first-order chi connectivity index (χ1) is 12.1. The number of halogens is 2. The molecule has 0 radical (unpaired) electrons. The third-order valence-corrected chi connectivity index (χ3v) is 3.43. The number of hydrogen-bond acceptors (Lipinski definition) is 3. The lowest BCUT2D eigenvalue weighted by Crippen LogP contribution is -2.38. The maximum Gasteiger partial charge on any atom is 0.387 e. The molecule has 136 valence electrons. The van der Waals surface area contributed by atoms with Gasteiger partial charge in [0.05, 0.1) is 12.8 Å². The van der Waals surface area contributed by atoms with Crippen LogP contribution in [-0.2, 0) is 13.0 Å². The molecule has 0 fully saturated rings. The van der Waals surface area contributed by atoms with Crippen LogP contribution in [0.4, 0.5) is 8.78 Å². The number of benzene rings is 1. The molecule has 0 saturated carbocycles. The topological polar surface area (TPSA) is 58.8 Å². The first kappa shape index (κ1) is 18.8. The van der Waals surface area contributed by atoms with Gasteiger partial charge in [-0.15, -0.1) is 0 Å². The average molecular weight is 351 g/mol. The van der Waals surface area contributed by atoms with Gasteiger partial charge in [-0.1, -0.05) is 17.7 Å². The number of aliphatic imine (C=N–C) groups is 1. The second-order valence-electron chi connectivity index (χ2n) is 5.44. The molecule has 0 aliphatic heterocycles. The molecule has 0 atom stereocenters. The lowest BCUT2D eigenvalue weighted by atomic mass is 10.1. The molecule has 0 saturated heterocycles. The first-order valence-electron chi connectivity index (χ1n) is 8.17. The van der Waals surface area contributed by atoms with Gasteiger partial charge < -0.3 is 19.8 Å². The van der Waals surface area contributed by atoms with Crippen molar-refractivity contribution in [2.24, 2.45) is 4.99 Å². The Morgan fingerprint density at radius 1 is 1.28 bits per heavy atom. The van der Waals surface area contributed by atoms with Crippen LogP contribution in [0.15, 0.2) is 46.0 Å². The predicted octanol–water partition coefficient (Wildman–Crippen LogP) is 3.49. The van der Waals surface area contributed by atoms with Crippen molar-refractivity contribution in [3.8, 4) is 5.75 Å². The van der Waals surface area contributed by atoms with Crippen molar-refractivity contribution >= 4 is 5.96 Å². The van der Waals surface area contributed by atoms with Crippen LogP contribution in [0.5, 0.6) is 5.75 Å². The summed E-state index contributed by atoms with van der Waals surface area (Å²) in [4.78, 5) is 4.45. The maximum atomic E-state index is 12.5. The van der Waals surface area contributed by atoms with Crippen molar-refractivity contribution < 1.29 is 17.9 Å². The van der Waals surface area contributed by atoms with Crippen molar-refractivity contribution in [2.45, 2.75) is 33.4 Å². The van der Waals surface area contributed by atoms with Gasteiger partial charge in [-0.3, -0.25) is 0 Å². The summed E-state index contributed by atoms with van der Waals surface area (Å²) in [6, 6.07) is 8.83. The number of aryl methyl sites for hydroxylation is 1. The van der Waals surface area contributed by atoms with Crippen LogP contribution in [0.1, 0.15) is 23.8 Å². The fourth-order valence-electron chi connectivity index (χ4n) is 2.31. The molecule has 2 N–H and O–H groups in total. The van der Waals surface area contributed by atoms with E-state index in [9.17, 15) is 8.78 Å². The standard InChI is InChI=1S/C18H23F2N3O2/c1-3-21-18(22-9-8-15-5-4-10-24-15)23-12-14-11-13(2)6-7-16(14)25-17(19)20/h4-7,10-11,17H,3,8-9,12H2,1-2H3,(H2,21,22,23). The van der Waals surface area contributed by atoms with E-state index >= 15 is 0 Å². The number of alkyl halides is 2. The van der Waals surface area contributed by atoms with Crippen molar-refractivity contribution in [1.82, 2.24) is 10.6 Å². The molecule has 5 nitrogen and oxygen atoms in total. The summed E-state index contributed by atoms with van der Waals surface area (Å²) >= 11 is 0. The van der Waals surface area contributed by atoms with Gasteiger partial charge in [0.25, 0.3) is 0 Å². The van der Waals surface area contributed by atoms with Crippen molar-refractivity contribution in [3.05, 3.63) is 53.5 Å². The van der Waals surface area contributed by atoms with Gasteiger partial charge in [-0.25, -0.2) is 4.99 Å². The zero-order valence-corrected chi connectivity index (χ0v) is 14.4. The summed E-state index contributed by atoms with van der Waals surface area (Å²) in [5, 5.41) is 6.32. The number of rotatable bonds is 8. The van der Waals surface area contributed by atoms with E-state index in [-0.39, 0.29) is 12.3 Å². The van der Waals surface area contributed by atoms with Gasteiger partial charge in [0.1, 0.15) is 11.5 Å². The van der Waals surface area contributed by atoms with Crippen LogP contribution in [-0.4, -0.2) is 25.7 Å². The highest BCUT2D eigenvalue weighted by atomic mass is 19.3. The molecule has 0 amide bonds. The number of furan rings is 1. The van der Waals surface area contributed by atoms with E-state index < -0.39 is 6.61 Å². The Balaban J connectivity index is 2.00. The van der Waals surface area contributed by atoms with Crippen LogP contribution in [0.25, 0.3) is 0 Å². The van der Waals surface area contributed by atoms with Crippen LogP contribution in [0, 0.1) is 6.92 Å². The highest BCUT2D eigenvalue weighted by molar-refractivity contribution is 5.79. The third kappa shape index (κ3) is 6.45. The lowest BCUT2D eigenvalue weighted by Gasteiger charge is -2.13. The first-order valence-corrected chi connectivity index (χ1v) is 8.17. The fraction of sp³-hybridized carbons (Fsp3) is 0.389. The quantitative estimate of drug-likeness (QED) is 0.565. The van der Waals surface area contributed by atoms with E-state index in [1.807, 2.05) is 26.0 Å². The van der Waals surface area contributed by atoms with Crippen LogP contribution >= 0.6 is 0 Å². The largest absolute Gasteiger partial charge is 0.469 e. The highest BCUT2D eigenvalue weighted by Crippen LogP contribution is 2.22. The Morgan fingerprint density at radius 3 is 2.80 bits per heavy atom. The summed E-state index contributed by atoms with van der Waals surface area (Å²) in [6.45, 7) is 2.58. The number of guanidine groups is 1. The molecule has 0 bridgehead atoms. The summed E-state index contributed by atoms with van der Waals surface area (Å²) in [5.41, 5.74) is 1.58. The van der Waals surface area contributed by atoms with E-state index in [2.05, 4.69) is 20.4 Å². The monoisotopic (exact) mass is 351 g/mol. The minimum Gasteiger partial charge on any atom is -0.469 e. The molecule has 0 unspecified atom stereocenters. The SMILES string of the molecule is CCNC(=NCc1cc(C)ccc1OC(F)F)NCCc1ccco1.